The van der Waals surface area contributed by atoms with Crippen LogP contribution < -0.4 is 0 Å². The van der Waals surface area contributed by atoms with Crippen LogP contribution in [0.4, 0.5) is 0 Å². The molecule has 0 spiro atoms. The summed E-state index contributed by atoms with van der Waals surface area (Å²) >= 11 is 3.42. The van der Waals surface area contributed by atoms with E-state index in [0.29, 0.717) is 5.92 Å². The van der Waals surface area contributed by atoms with Crippen molar-refractivity contribution >= 4 is 22.7 Å². The first-order valence-corrected chi connectivity index (χ1v) is 10.1. The van der Waals surface area contributed by atoms with Crippen LogP contribution in [0.1, 0.15) is 40.8 Å². The summed E-state index contributed by atoms with van der Waals surface area (Å²) < 4.78 is 2.27. The number of imidazole rings is 1. The van der Waals surface area contributed by atoms with Crippen LogP contribution in [0.15, 0.2) is 28.8 Å². The lowest BCUT2D eigenvalue weighted by atomic mass is 9.97. The van der Waals surface area contributed by atoms with E-state index in [1.54, 1.807) is 22.7 Å². The van der Waals surface area contributed by atoms with Gasteiger partial charge in [0.25, 0.3) is 0 Å². The Bertz CT molecular complexity index is 777. The lowest BCUT2D eigenvalue weighted by molar-refractivity contribution is 0.196. The topological polar surface area (TPSA) is 46.8 Å². The number of rotatable bonds is 5. The molecule has 0 aliphatic carbocycles. The molecule has 3 aromatic rings. The molecule has 1 aliphatic heterocycles. The molecule has 24 heavy (non-hydrogen) atoms. The van der Waals surface area contributed by atoms with Crippen LogP contribution in [0.5, 0.6) is 0 Å². The van der Waals surface area contributed by atoms with E-state index in [4.69, 9.17) is 0 Å². The molecule has 0 saturated carbocycles. The van der Waals surface area contributed by atoms with Gasteiger partial charge in [-0.15, -0.1) is 22.7 Å². The molecule has 5 nitrogen and oxygen atoms in total. The largest absolute Gasteiger partial charge is 0.329 e. The highest BCUT2D eigenvalue weighted by Crippen LogP contribution is 2.28. The van der Waals surface area contributed by atoms with Crippen LogP contribution in [0.3, 0.4) is 0 Å². The van der Waals surface area contributed by atoms with Gasteiger partial charge in [0, 0.05) is 41.7 Å². The third kappa shape index (κ3) is 3.43. The van der Waals surface area contributed by atoms with Crippen LogP contribution in [-0.2, 0) is 13.1 Å². The predicted octanol–water partition coefficient (Wildman–Crippen LogP) is 3.53. The summed E-state index contributed by atoms with van der Waals surface area (Å²) in [5.74, 6) is 1.70. The fourth-order valence-corrected chi connectivity index (χ4v) is 4.76. The minimum atomic E-state index is 0.501. The zero-order valence-electron chi connectivity index (χ0n) is 13.8. The fourth-order valence-electron chi connectivity index (χ4n) is 3.40. The first-order valence-electron chi connectivity index (χ1n) is 8.29. The van der Waals surface area contributed by atoms with Crippen LogP contribution in [0.2, 0.25) is 0 Å². The van der Waals surface area contributed by atoms with Gasteiger partial charge in [-0.3, -0.25) is 4.90 Å². The Morgan fingerprint density at radius 3 is 2.96 bits per heavy atom. The van der Waals surface area contributed by atoms with Crippen molar-refractivity contribution in [3.05, 3.63) is 50.9 Å². The van der Waals surface area contributed by atoms with Gasteiger partial charge in [-0.1, -0.05) is 0 Å². The summed E-state index contributed by atoms with van der Waals surface area (Å²) in [4.78, 5) is 17.4. The molecule has 7 heteroatoms. The van der Waals surface area contributed by atoms with Crippen molar-refractivity contribution in [1.82, 2.24) is 24.4 Å². The minimum Gasteiger partial charge on any atom is -0.329 e. The van der Waals surface area contributed by atoms with Crippen LogP contribution in [0, 0.1) is 6.92 Å². The van der Waals surface area contributed by atoms with Gasteiger partial charge in [0.15, 0.2) is 0 Å². The maximum absolute atomic E-state index is 4.67. The average Bonchev–Trinajstić information content (AvgIpc) is 3.32. The summed E-state index contributed by atoms with van der Waals surface area (Å²) in [6.45, 7) is 6.18. The van der Waals surface area contributed by atoms with Gasteiger partial charge in [-0.05, 0) is 26.3 Å². The average molecular weight is 360 g/mol. The van der Waals surface area contributed by atoms with E-state index in [0.717, 1.165) is 25.3 Å². The van der Waals surface area contributed by atoms with Crippen molar-refractivity contribution in [2.45, 2.75) is 38.8 Å². The highest BCUT2D eigenvalue weighted by Gasteiger charge is 2.25. The van der Waals surface area contributed by atoms with Crippen molar-refractivity contribution in [2.75, 3.05) is 13.1 Å². The van der Waals surface area contributed by atoms with E-state index in [1.807, 2.05) is 17.2 Å². The molecule has 3 aromatic heterocycles. The number of hydrogen-bond donors (Lipinski definition) is 0. The molecule has 126 valence electrons. The predicted molar refractivity (Wildman–Crippen MR) is 97.5 cm³/mol. The van der Waals surface area contributed by atoms with Crippen molar-refractivity contribution in [3.8, 4) is 0 Å². The molecule has 1 unspecified atom stereocenters. The highest BCUT2D eigenvalue weighted by molar-refractivity contribution is 7.09. The third-order valence-corrected chi connectivity index (χ3v) is 6.20. The molecule has 4 heterocycles. The summed E-state index contributed by atoms with van der Waals surface area (Å²) in [6.07, 6.45) is 6.45. The Hall–Kier alpha value is -1.57. The maximum Gasteiger partial charge on any atom is 0.113 e. The van der Waals surface area contributed by atoms with E-state index in [9.17, 15) is 0 Å². The number of thiazole rings is 2. The summed E-state index contributed by atoms with van der Waals surface area (Å²) in [5.41, 5.74) is 6.14. The molecule has 0 aromatic carbocycles. The van der Waals surface area contributed by atoms with Crippen molar-refractivity contribution < 1.29 is 0 Å². The monoisotopic (exact) mass is 359 g/mol. The maximum atomic E-state index is 4.67. The number of piperidine rings is 1. The quantitative estimate of drug-likeness (QED) is 0.699. The summed E-state index contributed by atoms with van der Waals surface area (Å²) in [6, 6.07) is 0. The van der Waals surface area contributed by atoms with Gasteiger partial charge in [-0.2, -0.15) is 0 Å². The Kier molecular flexibility index (Phi) is 4.73. The van der Waals surface area contributed by atoms with Crippen LogP contribution >= 0.6 is 22.7 Å². The molecule has 4 rings (SSSR count). The van der Waals surface area contributed by atoms with Gasteiger partial charge >= 0.3 is 0 Å². The SMILES string of the molecule is Cc1ncsc1CN1CCCC(c2nccn2Cc2cscn2)C1. The lowest BCUT2D eigenvalue weighted by Crippen LogP contribution is -2.35. The first kappa shape index (κ1) is 15.9. The Morgan fingerprint density at radius 1 is 1.21 bits per heavy atom. The number of aryl methyl sites for hydroxylation is 1. The Morgan fingerprint density at radius 2 is 2.17 bits per heavy atom. The van der Waals surface area contributed by atoms with Crippen LogP contribution in [0.25, 0.3) is 0 Å². The number of likely N-dealkylation sites (tertiary alicyclic amines) is 1. The molecule has 1 fully saturated rings. The van der Waals surface area contributed by atoms with Gasteiger partial charge in [-0.25, -0.2) is 15.0 Å². The molecule has 1 aliphatic rings. The Labute approximate surface area is 150 Å². The zero-order valence-corrected chi connectivity index (χ0v) is 15.4. The molecule has 0 bridgehead atoms. The van der Waals surface area contributed by atoms with Crippen molar-refractivity contribution in [2.24, 2.45) is 0 Å². The third-order valence-electron chi connectivity index (χ3n) is 4.65. The summed E-state index contributed by atoms with van der Waals surface area (Å²) in [7, 11) is 0. The number of nitrogens with zero attached hydrogens (tertiary/aromatic N) is 5. The van der Waals surface area contributed by atoms with Crippen molar-refractivity contribution in [3.63, 3.8) is 0 Å². The highest BCUT2D eigenvalue weighted by atomic mass is 32.1. The van der Waals surface area contributed by atoms with E-state index in [2.05, 4.69) is 42.9 Å². The first-order chi connectivity index (χ1) is 11.8. The molecular weight excluding hydrogens is 338 g/mol. The standard InChI is InChI=1S/C17H21N5S2/c1-13-16(24-12-19-13)9-21-5-2-3-14(7-21)17-18-4-6-22(17)8-15-10-23-11-20-15/h4,6,10-12,14H,2-3,5,7-9H2,1H3. The Balaban J connectivity index is 1.46. The normalized spacial score (nSPS) is 19.0. The second-order valence-electron chi connectivity index (χ2n) is 6.33. The van der Waals surface area contributed by atoms with E-state index in [1.165, 1.54) is 35.8 Å². The molecular formula is C17H21N5S2. The number of hydrogen-bond acceptors (Lipinski definition) is 6. The van der Waals surface area contributed by atoms with Gasteiger partial charge in [0.05, 0.1) is 29.0 Å². The lowest BCUT2D eigenvalue weighted by Gasteiger charge is -2.32. The van der Waals surface area contributed by atoms with Gasteiger partial charge < -0.3 is 4.57 Å². The second-order valence-corrected chi connectivity index (χ2v) is 7.99. The second kappa shape index (κ2) is 7.13. The summed E-state index contributed by atoms with van der Waals surface area (Å²) in [5, 5.41) is 2.11. The fraction of sp³-hybridized carbons (Fsp3) is 0.471. The zero-order chi connectivity index (χ0) is 16.4. The van der Waals surface area contributed by atoms with Crippen LogP contribution in [-0.4, -0.2) is 37.5 Å². The van der Waals surface area contributed by atoms with Gasteiger partial charge in [0.2, 0.25) is 0 Å². The smallest absolute Gasteiger partial charge is 0.113 e. The van der Waals surface area contributed by atoms with E-state index < -0.39 is 0 Å². The minimum absolute atomic E-state index is 0.501. The van der Waals surface area contributed by atoms with Crippen molar-refractivity contribution in [1.29, 1.82) is 0 Å². The molecule has 0 amide bonds. The molecule has 0 N–H and O–H groups in total. The van der Waals surface area contributed by atoms with E-state index >= 15 is 0 Å². The molecule has 1 saturated heterocycles. The molecule has 0 radical (unpaired) electrons. The van der Waals surface area contributed by atoms with Gasteiger partial charge in [0.1, 0.15) is 5.82 Å². The number of aromatic nitrogens is 4. The van der Waals surface area contributed by atoms with E-state index in [-0.39, 0.29) is 0 Å². The molecule has 1 atom stereocenters.